The first-order valence-corrected chi connectivity index (χ1v) is 9.33. The van der Waals surface area contributed by atoms with Crippen LogP contribution in [0, 0.1) is 0 Å². The van der Waals surface area contributed by atoms with Crippen LogP contribution in [0.4, 0.5) is 18.0 Å². The second kappa shape index (κ2) is 9.09. The number of hydrogen-bond donors (Lipinski definition) is 2. The minimum Gasteiger partial charge on any atom is -0.334 e. The molecule has 0 spiro atoms. The van der Waals surface area contributed by atoms with Crippen molar-refractivity contribution in [1.82, 2.24) is 15.5 Å². The van der Waals surface area contributed by atoms with Gasteiger partial charge in [0.2, 0.25) is 5.91 Å². The molecule has 2 N–H and O–H groups in total. The van der Waals surface area contributed by atoms with E-state index in [0.29, 0.717) is 18.7 Å². The highest BCUT2D eigenvalue weighted by molar-refractivity contribution is 5.95. The summed E-state index contributed by atoms with van der Waals surface area (Å²) in [4.78, 5) is 26.0. The molecule has 0 aromatic heterocycles. The van der Waals surface area contributed by atoms with Crippen LogP contribution in [0.3, 0.4) is 0 Å². The molecule has 8 heteroatoms. The van der Waals surface area contributed by atoms with E-state index in [1.165, 1.54) is 12.1 Å². The van der Waals surface area contributed by atoms with E-state index >= 15 is 0 Å². The number of amides is 3. The Morgan fingerprint density at radius 1 is 0.966 bits per heavy atom. The lowest BCUT2D eigenvalue weighted by Gasteiger charge is -2.21. The molecule has 2 aromatic rings. The van der Waals surface area contributed by atoms with E-state index in [9.17, 15) is 22.8 Å². The van der Waals surface area contributed by atoms with Gasteiger partial charge in [0, 0.05) is 19.1 Å². The van der Waals surface area contributed by atoms with Gasteiger partial charge in [0.15, 0.2) is 0 Å². The Bertz CT molecular complexity index is 834. The predicted octanol–water partition coefficient (Wildman–Crippen LogP) is 3.70. The molecule has 2 aromatic carbocycles. The Hall–Kier alpha value is -2.87. The number of urea groups is 1. The molecule has 0 atom stereocenters. The van der Waals surface area contributed by atoms with Crippen LogP contribution in [0.25, 0.3) is 0 Å². The van der Waals surface area contributed by atoms with Crippen molar-refractivity contribution in [3.05, 3.63) is 71.3 Å². The topological polar surface area (TPSA) is 61.4 Å². The molecule has 0 radical (unpaired) electrons. The zero-order valence-electron chi connectivity index (χ0n) is 15.7. The molecule has 3 amide bonds. The SMILES string of the molecule is O=C(CN(Cc1ccc(C(F)(F)F)cc1)C1CC1)NC(=O)NCc1ccccc1. The van der Waals surface area contributed by atoms with E-state index in [1.54, 1.807) is 0 Å². The molecule has 1 aliphatic carbocycles. The smallest absolute Gasteiger partial charge is 0.334 e. The fourth-order valence-electron chi connectivity index (χ4n) is 2.96. The van der Waals surface area contributed by atoms with Gasteiger partial charge in [0.1, 0.15) is 0 Å². The summed E-state index contributed by atoms with van der Waals surface area (Å²) in [6.07, 6.45) is -2.52. The normalized spacial score (nSPS) is 13.9. The maximum atomic E-state index is 12.7. The van der Waals surface area contributed by atoms with Gasteiger partial charge in [0.25, 0.3) is 0 Å². The third kappa shape index (κ3) is 6.60. The molecule has 0 aliphatic heterocycles. The molecule has 0 unspecified atom stereocenters. The molecule has 5 nitrogen and oxygen atoms in total. The largest absolute Gasteiger partial charge is 0.416 e. The molecule has 29 heavy (non-hydrogen) atoms. The zero-order valence-corrected chi connectivity index (χ0v) is 15.7. The number of nitrogens with one attached hydrogen (secondary N) is 2. The lowest BCUT2D eigenvalue weighted by molar-refractivity contribution is -0.137. The van der Waals surface area contributed by atoms with Crippen molar-refractivity contribution in [2.45, 2.75) is 38.1 Å². The number of imide groups is 1. The van der Waals surface area contributed by atoms with Crippen LogP contribution in [0.5, 0.6) is 0 Å². The Labute approximate surface area is 166 Å². The van der Waals surface area contributed by atoms with E-state index in [1.807, 2.05) is 35.2 Å². The van der Waals surface area contributed by atoms with Crippen molar-refractivity contribution in [2.24, 2.45) is 0 Å². The van der Waals surface area contributed by atoms with Gasteiger partial charge in [-0.05, 0) is 36.1 Å². The zero-order chi connectivity index (χ0) is 20.9. The van der Waals surface area contributed by atoms with Crippen LogP contribution < -0.4 is 10.6 Å². The third-order valence-electron chi connectivity index (χ3n) is 4.63. The van der Waals surface area contributed by atoms with Gasteiger partial charge in [-0.15, -0.1) is 0 Å². The summed E-state index contributed by atoms with van der Waals surface area (Å²) in [5.74, 6) is -0.450. The lowest BCUT2D eigenvalue weighted by Crippen LogP contribution is -2.44. The molecule has 1 aliphatic rings. The monoisotopic (exact) mass is 405 g/mol. The molecule has 0 bridgehead atoms. The first-order chi connectivity index (χ1) is 13.8. The first kappa shape index (κ1) is 20.9. The van der Waals surface area contributed by atoms with E-state index < -0.39 is 23.7 Å². The van der Waals surface area contributed by atoms with Crippen molar-refractivity contribution in [3.63, 3.8) is 0 Å². The fourth-order valence-corrected chi connectivity index (χ4v) is 2.96. The molecule has 0 saturated heterocycles. The molecule has 1 saturated carbocycles. The minimum atomic E-state index is -4.37. The van der Waals surface area contributed by atoms with Crippen LogP contribution >= 0.6 is 0 Å². The fraction of sp³-hybridized carbons (Fsp3) is 0.333. The summed E-state index contributed by atoms with van der Waals surface area (Å²) in [6, 6.07) is 13.8. The molecule has 154 valence electrons. The second-order valence-corrected chi connectivity index (χ2v) is 7.05. The number of carbonyl (C=O) groups excluding carboxylic acids is 2. The van der Waals surface area contributed by atoms with Crippen LogP contribution in [0.2, 0.25) is 0 Å². The highest BCUT2D eigenvalue weighted by Gasteiger charge is 2.32. The van der Waals surface area contributed by atoms with Gasteiger partial charge < -0.3 is 5.32 Å². The van der Waals surface area contributed by atoms with Gasteiger partial charge in [-0.3, -0.25) is 15.0 Å². The summed E-state index contributed by atoms with van der Waals surface area (Å²) < 4.78 is 38.1. The van der Waals surface area contributed by atoms with Crippen molar-refractivity contribution in [1.29, 1.82) is 0 Å². The number of nitrogens with zero attached hydrogens (tertiary/aromatic N) is 1. The maximum Gasteiger partial charge on any atom is 0.416 e. The van der Waals surface area contributed by atoms with Crippen LogP contribution in [0.15, 0.2) is 54.6 Å². The van der Waals surface area contributed by atoms with E-state index in [-0.39, 0.29) is 12.6 Å². The second-order valence-electron chi connectivity index (χ2n) is 7.05. The quantitative estimate of drug-likeness (QED) is 0.739. The number of hydrogen-bond acceptors (Lipinski definition) is 3. The molecular weight excluding hydrogens is 383 g/mol. The maximum absolute atomic E-state index is 12.7. The summed E-state index contributed by atoms with van der Waals surface area (Å²) in [7, 11) is 0. The van der Waals surface area contributed by atoms with Crippen molar-refractivity contribution < 1.29 is 22.8 Å². The predicted molar refractivity (Wildman–Crippen MR) is 102 cm³/mol. The summed E-state index contributed by atoms with van der Waals surface area (Å²) in [6.45, 7) is 0.657. The van der Waals surface area contributed by atoms with Crippen molar-refractivity contribution in [3.8, 4) is 0 Å². The minimum absolute atomic E-state index is 0.00441. The van der Waals surface area contributed by atoms with E-state index in [0.717, 1.165) is 30.5 Å². The first-order valence-electron chi connectivity index (χ1n) is 9.33. The van der Waals surface area contributed by atoms with Crippen LogP contribution in [-0.4, -0.2) is 29.4 Å². The summed E-state index contributed by atoms with van der Waals surface area (Å²) in [5, 5.41) is 4.92. The summed E-state index contributed by atoms with van der Waals surface area (Å²) in [5.41, 5.74) is 0.898. The van der Waals surface area contributed by atoms with Gasteiger partial charge in [-0.2, -0.15) is 13.2 Å². The van der Waals surface area contributed by atoms with Crippen molar-refractivity contribution >= 4 is 11.9 Å². The van der Waals surface area contributed by atoms with Gasteiger partial charge >= 0.3 is 12.2 Å². The van der Waals surface area contributed by atoms with Crippen LogP contribution in [-0.2, 0) is 24.1 Å². The molecule has 3 rings (SSSR count). The van der Waals surface area contributed by atoms with E-state index in [2.05, 4.69) is 10.6 Å². The Morgan fingerprint density at radius 3 is 2.21 bits per heavy atom. The molecule has 0 heterocycles. The average molecular weight is 405 g/mol. The Kier molecular flexibility index (Phi) is 6.53. The Morgan fingerprint density at radius 2 is 1.62 bits per heavy atom. The van der Waals surface area contributed by atoms with Gasteiger partial charge in [0.05, 0.1) is 12.1 Å². The highest BCUT2D eigenvalue weighted by Crippen LogP contribution is 2.31. The number of benzene rings is 2. The number of rotatable bonds is 7. The summed E-state index contributed by atoms with van der Waals surface area (Å²) >= 11 is 0. The lowest BCUT2D eigenvalue weighted by atomic mass is 10.1. The number of alkyl halides is 3. The average Bonchev–Trinajstić information content (AvgIpc) is 3.52. The number of halogens is 3. The molecular formula is C21H22F3N3O2. The van der Waals surface area contributed by atoms with Crippen LogP contribution in [0.1, 0.15) is 29.5 Å². The standard InChI is InChI=1S/C21H22F3N3O2/c22-21(23,24)17-8-6-16(7-9-17)13-27(18-10-11-18)14-19(28)26-20(29)25-12-15-4-2-1-3-5-15/h1-9,18H,10-14H2,(H2,25,26,28,29). The third-order valence-corrected chi connectivity index (χ3v) is 4.63. The van der Waals surface area contributed by atoms with Crippen molar-refractivity contribution in [2.75, 3.05) is 6.54 Å². The highest BCUT2D eigenvalue weighted by atomic mass is 19.4. The van der Waals surface area contributed by atoms with E-state index in [4.69, 9.17) is 0 Å². The van der Waals surface area contributed by atoms with Gasteiger partial charge in [-0.25, -0.2) is 4.79 Å². The number of carbonyl (C=O) groups is 2. The molecule has 1 fully saturated rings. The van der Waals surface area contributed by atoms with Gasteiger partial charge in [-0.1, -0.05) is 42.5 Å². The Balaban J connectivity index is 1.49.